The van der Waals surface area contributed by atoms with Gasteiger partial charge in [0.25, 0.3) is 0 Å². The number of alkyl halides is 2. The van der Waals surface area contributed by atoms with E-state index in [9.17, 15) is 0 Å². The van der Waals surface area contributed by atoms with Crippen LogP contribution >= 0.6 is 23.2 Å². The first-order chi connectivity index (χ1) is 5.88. The molecule has 0 aromatic carbocycles. The summed E-state index contributed by atoms with van der Waals surface area (Å²) in [7, 11) is 0. The van der Waals surface area contributed by atoms with Gasteiger partial charge < -0.3 is 4.98 Å². The molecule has 0 aliphatic carbocycles. The minimum Gasteiger partial charge on any atom is -0.346 e. The van der Waals surface area contributed by atoms with Crippen molar-refractivity contribution >= 4 is 34.2 Å². The predicted octanol–water partition coefficient (Wildman–Crippen LogP) is 2.38. The summed E-state index contributed by atoms with van der Waals surface area (Å²) in [5, 5.41) is 1.25. The molecule has 12 heavy (non-hydrogen) atoms. The van der Waals surface area contributed by atoms with Crippen LogP contribution in [0.1, 0.15) is 0 Å². The maximum absolute atomic E-state index is 4.76. The highest BCUT2D eigenvalue weighted by Crippen LogP contribution is 2.03. The fourth-order valence-corrected chi connectivity index (χ4v) is 0.793. The van der Waals surface area contributed by atoms with Crippen LogP contribution in [0.4, 0.5) is 0 Å². The van der Waals surface area contributed by atoms with Gasteiger partial charge in [-0.15, -0.1) is 23.2 Å². The number of H-pyrrole nitrogens is 1. The van der Waals surface area contributed by atoms with E-state index in [-0.39, 0.29) is 5.34 Å². The molecule has 0 bridgehead atoms. The van der Waals surface area contributed by atoms with E-state index in [1.807, 2.05) is 12.3 Å². The van der Waals surface area contributed by atoms with Crippen LogP contribution < -0.4 is 0 Å². The zero-order valence-electron chi connectivity index (χ0n) is 6.17. The molecule has 0 spiro atoms. The van der Waals surface area contributed by atoms with Crippen molar-refractivity contribution in [2.24, 2.45) is 0 Å². The van der Waals surface area contributed by atoms with Crippen molar-refractivity contribution < 1.29 is 0 Å². The molecule has 64 valence electrons. The van der Waals surface area contributed by atoms with Crippen LogP contribution in [-0.4, -0.2) is 20.3 Å². The van der Waals surface area contributed by atoms with Gasteiger partial charge in [0, 0.05) is 17.8 Å². The van der Waals surface area contributed by atoms with E-state index in [1.54, 1.807) is 6.20 Å². The van der Waals surface area contributed by atoms with Crippen LogP contribution in [-0.2, 0) is 0 Å². The maximum Gasteiger partial charge on any atom is 0.140 e. The molecule has 0 saturated heterocycles. The van der Waals surface area contributed by atoms with Gasteiger partial charge in [0.05, 0.1) is 5.34 Å². The number of nitrogens with zero attached hydrogens (tertiary/aromatic N) is 2. The zero-order chi connectivity index (χ0) is 8.81. The molecule has 2 rings (SSSR count). The number of fused-ring (bicyclic) bond motifs is 1. The summed E-state index contributed by atoms with van der Waals surface area (Å²) in [6.07, 6.45) is 5.15. The molecule has 0 aliphatic heterocycles. The van der Waals surface area contributed by atoms with Crippen molar-refractivity contribution in [1.82, 2.24) is 15.0 Å². The van der Waals surface area contributed by atoms with Crippen molar-refractivity contribution in [3.63, 3.8) is 0 Å². The van der Waals surface area contributed by atoms with Crippen molar-refractivity contribution in [1.29, 1.82) is 0 Å². The van der Waals surface area contributed by atoms with E-state index in [0.29, 0.717) is 0 Å². The first kappa shape index (κ1) is 9.29. The highest BCUT2D eigenvalue weighted by Gasteiger charge is 1.89. The molecule has 2 aromatic heterocycles. The molecule has 5 heteroatoms. The normalized spacial score (nSPS) is 9.17. The number of nitrogens with one attached hydrogen (secondary N) is 1. The summed E-state index contributed by atoms with van der Waals surface area (Å²) < 4.78 is 0. The number of hydrogen-bond donors (Lipinski definition) is 1. The SMILES string of the molecule is ClCCl.c1ncc2cc[nH]c2n1. The Morgan fingerprint density at radius 2 is 2.17 bits per heavy atom. The van der Waals surface area contributed by atoms with Crippen LogP contribution in [0.2, 0.25) is 0 Å². The number of rotatable bonds is 0. The molecule has 0 amide bonds. The molecule has 0 radical (unpaired) electrons. The summed E-state index contributed by atoms with van der Waals surface area (Å²) in [5.74, 6) is 0. The first-order valence-corrected chi connectivity index (χ1v) is 4.30. The predicted molar refractivity (Wildman–Crippen MR) is 50.5 cm³/mol. The van der Waals surface area contributed by atoms with Gasteiger partial charge >= 0.3 is 0 Å². The lowest BCUT2D eigenvalue weighted by molar-refractivity contribution is 1.20. The average molecular weight is 204 g/mol. The monoisotopic (exact) mass is 203 g/mol. The lowest BCUT2D eigenvalue weighted by Crippen LogP contribution is -1.75. The molecule has 0 unspecified atom stereocenters. The van der Waals surface area contributed by atoms with Crippen LogP contribution in [0.25, 0.3) is 11.0 Å². The van der Waals surface area contributed by atoms with Gasteiger partial charge in [0.1, 0.15) is 12.0 Å². The third-order valence-electron chi connectivity index (χ3n) is 1.22. The van der Waals surface area contributed by atoms with Gasteiger partial charge in [0.15, 0.2) is 0 Å². The number of hydrogen-bond acceptors (Lipinski definition) is 2. The summed E-state index contributed by atoms with van der Waals surface area (Å²) in [6.45, 7) is 0. The van der Waals surface area contributed by atoms with E-state index in [4.69, 9.17) is 23.2 Å². The minimum absolute atomic E-state index is 0.194. The Kier molecular flexibility index (Phi) is 3.84. The second-order valence-electron chi connectivity index (χ2n) is 1.91. The van der Waals surface area contributed by atoms with Gasteiger partial charge in [-0.3, -0.25) is 0 Å². The van der Waals surface area contributed by atoms with Crippen molar-refractivity contribution in [3.05, 3.63) is 24.8 Å². The van der Waals surface area contributed by atoms with E-state index < -0.39 is 0 Å². The smallest absolute Gasteiger partial charge is 0.140 e. The standard InChI is InChI=1S/C6H5N3.CH2Cl2/c1-2-8-6-5(1)3-7-4-9-6;2-1-3/h1-4H,(H,7,8,9);1H2. The number of aromatic nitrogens is 3. The van der Waals surface area contributed by atoms with E-state index in [2.05, 4.69) is 15.0 Å². The van der Waals surface area contributed by atoms with Crippen molar-refractivity contribution in [3.8, 4) is 0 Å². The summed E-state index contributed by atoms with van der Waals surface area (Å²) in [6, 6.07) is 1.94. The first-order valence-electron chi connectivity index (χ1n) is 3.23. The maximum atomic E-state index is 4.76. The Hall–Kier alpha value is -0.800. The molecule has 0 fully saturated rings. The van der Waals surface area contributed by atoms with Crippen LogP contribution in [0.15, 0.2) is 24.8 Å². The van der Waals surface area contributed by atoms with Gasteiger partial charge in [0.2, 0.25) is 0 Å². The molecular formula is C7H7Cl2N3. The van der Waals surface area contributed by atoms with Gasteiger partial charge in [-0.2, -0.15) is 0 Å². The largest absolute Gasteiger partial charge is 0.346 e. The summed E-state index contributed by atoms with van der Waals surface area (Å²) in [5.41, 5.74) is 0.894. The fraction of sp³-hybridized carbons (Fsp3) is 0.143. The molecule has 2 aromatic rings. The van der Waals surface area contributed by atoms with Gasteiger partial charge in [-0.05, 0) is 6.07 Å². The molecule has 2 heterocycles. The average Bonchev–Trinajstić information content (AvgIpc) is 2.52. The van der Waals surface area contributed by atoms with Crippen LogP contribution in [0, 0.1) is 0 Å². The fourth-order valence-electron chi connectivity index (χ4n) is 0.793. The molecule has 1 N–H and O–H groups in total. The second kappa shape index (κ2) is 4.95. The molecular weight excluding hydrogens is 197 g/mol. The molecule has 3 nitrogen and oxygen atoms in total. The quantitative estimate of drug-likeness (QED) is 0.669. The van der Waals surface area contributed by atoms with Crippen molar-refractivity contribution in [2.45, 2.75) is 0 Å². The Balaban J connectivity index is 0.000000213. The third kappa shape index (κ3) is 2.36. The second-order valence-corrected chi connectivity index (χ2v) is 2.71. The number of halogens is 2. The van der Waals surface area contributed by atoms with E-state index >= 15 is 0 Å². The lowest BCUT2D eigenvalue weighted by Gasteiger charge is -1.81. The zero-order valence-corrected chi connectivity index (χ0v) is 7.68. The Bertz CT molecular complexity index is 304. The lowest BCUT2D eigenvalue weighted by atomic mass is 10.4. The highest BCUT2D eigenvalue weighted by molar-refractivity contribution is 6.40. The Labute approximate surface area is 79.7 Å². The topological polar surface area (TPSA) is 41.6 Å². The van der Waals surface area contributed by atoms with E-state index in [1.165, 1.54) is 6.33 Å². The van der Waals surface area contributed by atoms with E-state index in [0.717, 1.165) is 11.0 Å². The van der Waals surface area contributed by atoms with Gasteiger partial charge in [-0.1, -0.05) is 0 Å². The minimum atomic E-state index is 0.194. The summed E-state index contributed by atoms with van der Waals surface area (Å²) in [4.78, 5) is 10.8. The van der Waals surface area contributed by atoms with Gasteiger partial charge in [-0.25, -0.2) is 9.97 Å². The Morgan fingerprint density at radius 1 is 1.42 bits per heavy atom. The molecule has 0 atom stereocenters. The van der Waals surface area contributed by atoms with Crippen molar-refractivity contribution in [2.75, 3.05) is 5.34 Å². The number of aromatic amines is 1. The van der Waals surface area contributed by atoms with Crippen LogP contribution in [0.3, 0.4) is 0 Å². The Morgan fingerprint density at radius 3 is 2.83 bits per heavy atom. The molecule has 0 saturated carbocycles. The summed E-state index contributed by atoms with van der Waals surface area (Å²) >= 11 is 9.53. The molecule has 0 aliphatic rings. The van der Waals surface area contributed by atoms with Crippen LogP contribution in [0.5, 0.6) is 0 Å². The highest BCUT2D eigenvalue weighted by atomic mass is 35.5. The third-order valence-corrected chi connectivity index (χ3v) is 1.22.